The van der Waals surface area contributed by atoms with Crippen LogP contribution in [0.1, 0.15) is 29.2 Å². The van der Waals surface area contributed by atoms with Gasteiger partial charge in [-0.1, -0.05) is 5.16 Å². The molecule has 3 aromatic rings. The molecule has 0 aliphatic carbocycles. The molecule has 0 radical (unpaired) electrons. The number of rotatable bonds is 6. The second kappa shape index (κ2) is 9.15. The van der Waals surface area contributed by atoms with Crippen molar-refractivity contribution in [2.24, 2.45) is 0 Å². The molecule has 1 aliphatic rings. The maximum Gasteiger partial charge on any atom is 0.251 e. The number of amides is 1. The number of hydrogen-bond acceptors (Lipinski definition) is 7. The lowest BCUT2D eigenvalue weighted by molar-refractivity contribution is 0.0730. The van der Waals surface area contributed by atoms with Crippen molar-refractivity contribution < 1.29 is 26.9 Å². The van der Waals surface area contributed by atoms with Crippen molar-refractivity contribution in [1.29, 1.82) is 0 Å². The number of ether oxygens (including phenoxy) is 1. The number of carbonyl (C=O) groups excluding carboxylic acids is 1. The standard InChI is InChI=1S/C21H21FN4O5S/c1-14(21-24-19(25-31-21)15-2-6-17(22)7-3-15)23-20(27)16-4-8-18(9-5-16)32(28,29)26-10-12-30-13-11-26/h2-9,14H,10-13H2,1H3,(H,23,27). The van der Waals surface area contributed by atoms with E-state index < -0.39 is 22.0 Å². The van der Waals surface area contributed by atoms with Crippen LogP contribution >= 0.6 is 0 Å². The van der Waals surface area contributed by atoms with E-state index >= 15 is 0 Å². The maximum absolute atomic E-state index is 13.1. The van der Waals surface area contributed by atoms with E-state index in [0.29, 0.717) is 31.9 Å². The zero-order chi connectivity index (χ0) is 22.7. The van der Waals surface area contributed by atoms with Gasteiger partial charge in [0, 0.05) is 24.2 Å². The molecule has 2 aromatic carbocycles. The fourth-order valence-corrected chi connectivity index (χ4v) is 4.59. The fourth-order valence-electron chi connectivity index (χ4n) is 3.18. The van der Waals surface area contributed by atoms with Gasteiger partial charge in [0.2, 0.25) is 21.7 Å². The predicted molar refractivity (Wildman–Crippen MR) is 112 cm³/mol. The smallest absolute Gasteiger partial charge is 0.251 e. The molecular weight excluding hydrogens is 439 g/mol. The molecule has 1 N–H and O–H groups in total. The summed E-state index contributed by atoms with van der Waals surface area (Å²) in [5, 5.41) is 6.60. The molecule has 0 saturated carbocycles. The predicted octanol–water partition coefficient (Wildman–Crippen LogP) is 2.39. The number of aromatic nitrogens is 2. The highest BCUT2D eigenvalue weighted by Gasteiger charge is 2.26. The molecule has 4 rings (SSSR count). The van der Waals surface area contributed by atoms with Gasteiger partial charge >= 0.3 is 0 Å². The minimum Gasteiger partial charge on any atom is -0.379 e. The highest BCUT2D eigenvalue weighted by molar-refractivity contribution is 7.89. The summed E-state index contributed by atoms with van der Waals surface area (Å²) >= 11 is 0. The first-order valence-corrected chi connectivity index (χ1v) is 11.4. The minimum absolute atomic E-state index is 0.116. The van der Waals surface area contributed by atoms with Crippen LogP contribution in [-0.4, -0.2) is 55.1 Å². The van der Waals surface area contributed by atoms with Gasteiger partial charge in [0.05, 0.1) is 18.1 Å². The van der Waals surface area contributed by atoms with E-state index in [1.165, 1.54) is 52.8 Å². The molecule has 168 valence electrons. The lowest BCUT2D eigenvalue weighted by Crippen LogP contribution is -2.40. The van der Waals surface area contributed by atoms with Gasteiger partial charge in [0.25, 0.3) is 5.91 Å². The fraction of sp³-hybridized carbons (Fsp3) is 0.286. The normalized spacial score (nSPS) is 15.9. The van der Waals surface area contributed by atoms with Crippen molar-refractivity contribution in [3.63, 3.8) is 0 Å². The molecule has 1 unspecified atom stereocenters. The summed E-state index contributed by atoms with van der Waals surface area (Å²) in [5.41, 5.74) is 0.869. The summed E-state index contributed by atoms with van der Waals surface area (Å²) in [6.45, 7) is 2.99. The van der Waals surface area contributed by atoms with Crippen LogP contribution in [0.5, 0.6) is 0 Å². The molecular formula is C21H21FN4O5S. The SMILES string of the molecule is CC(NC(=O)c1ccc(S(=O)(=O)N2CCOCC2)cc1)c1nc(-c2ccc(F)cc2)no1. The Labute approximate surface area is 184 Å². The topological polar surface area (TPSA) is 115 Å². The first kappa shape index (κ1) is 22.1. The lowest BCUT2D eigenvalue weighted by Gasteiger charge is -2.26. The molecule has 1 atom stereocenters. The van der Waals surface area contributed by atoms with Crippen LogP contribution in [0.2, 0.25) is 0 Å². The maximum atomic E-state index is 13.1. The quantitative estimate of drug-likeness (QED) is 0.601. The van der Waals surface area contributed by atoms with E-state index in [1.54, 1.807) is 6.92 Å². The van der Waals surface area contributed by atoms with E-state index in [9.17, 15) is 17.6 Å². The van der Waals surface area contributed by atoms with Gasteiger partial charge in [-0.25, -0.2) is 12.8 Å². The van der Waals surface area contributed by atoms with E-state index in [0.717, 1.165) is 0 Å². The molecule has 32 heavy (non-hydrogen) atoms. The molecule has 1 amide bonds. The van der Waals surface area contributed by atoms with Crippen LogP contribution in [0.3, 0.4) is 0 Å². The van der Waals surface area contributed by atoms with Crippen molar-refractivity contribution in [1.82, 2.24) is 19.8 Å². The third-order valence-corrected chi connectivity index (χ3v) is 6.90. The highest BCUT2D eigenvalue weighted by Crippen LogP contribution is 2.20. The van der Waals surface area contributed by atoms with Crippen LogP contribution < -0.4 is 5.32 Å². The van der Waals surface area contributed by atoms with Crippen molar-refractivity contribution >= 4 is 15.9 Å². The Hall–Kier alpha value is -3.15. The van der Waals surface area contributed by atoms with Crippen LogP contribution in [0, 0.1) is 5.82 Å². The number of morpholine rings is 1. The summed E-state index contributed by atoms with van der Waals surface area (Å²) in [4.78, 5) is 16.9. The Kier molecular flexibility index (Phi) is 6.31. The van der Waals surface area contributed by atoms with Gasteiger partial charge in [0.1, 0.15) is 11.9 Å². The zero-order valence-electron chi connectivity index (χ0n) is 17.2. The van der Waals surface area contributed by atoms with Crippen molar-refractivity contribution in [2.45, 2.75) is 17.9 Å². The molecule has 1 aromatic heterocycles. The highest BCUT2D eigenvalue weighted by atomic mass is 32.2. The van der Waals surface area contributed by atoms with Gasteiger partial charge < -0.3 is 14.6 Å². The van der Waals surface area contributed by atoms with Crippen molar-refractivity contribution in [3.8, 4) is 11.4 Å². The summed E-state index contributed by atoms with van der Waals surface area (Å²) in [5.74, 6) is -0.334. The summed E-state index contributed by atoms with van der Waals surface area (Å²) in [7, 11) is -3.63. The van der Waals surface area contributed by atoms with Gasteiger partial charge in [-0.2, -0.15) is 9.29 Å². The number of halogens is 1. The average molecular weight is 460 g/mol. The Balaban J connectivity index is 1.42. The Morgan fingerprint density at radius 3 is 2.41 bits per heavy atom. The van der Waals surface area contributed by atoms with E-state index in [1.807, 2.05) is 0 Å². The van der Waals surface area contributed by atoms with Crippen LogP contribution in [0.25, 0.3) is 11.4 Å². The summed E-state index contributed by atoms with van der Waals surface area (Å²) in [6.07, 6.45) is 0. The second-order valence-electron chi connectivity index (χ2n) is 7.20. The van der Waals surface area contributed by atoms with Gasteiger partial charge in [0.15, 0.2) is 0 Å². The average Bonchev–Trinajstić information content (AvgIpc) is 3.31. The third kappa shape index (κ3) is 4.69. The molecule has 0 bridgehead atoms. The van der Waals surface area contributed by atoms with Crippen molar-refractivity contribution in [2.75, 3.05) is 26.3 Å². The van der Waals surface area contributed by atoms with E-state index in [-0.39, 0.29) is 28.0 Å². The van der Waals surface area contributed by atoms with Crippen LogP contribution in [-0.2, 0) is 14.8 Å². The number of nitrogens with one attached hydrogen (secondary N) is 1. The third-order valence-electron chi connectivity index (χ3n) is 4.99. The van der Waals surface area contributed by atoms with Gasteiger partial charge in [-0.05, 0) is 55.5 Å². The molecule has 9 nitrogen and oxygen atoms in total. The Morgan fingerprint density at radius 1 is 1.09 bits per heavy atom. The Bertz CT molecular complexity index is 1190. The second-order valence-corrected chi connectivity index (χ2v) is 9.14. The number of benzene rings is 2. The molecule has 1 saturated heterocycles. The summed E-state index contributed by atoms with van der Waals surface area (Å²) in [6, 6.07) is 10.8. The first-order valence-electron chi connectivity index (χ1n) is 9.93. The van der Waals surface area contributed by atoms with Crippen LogP contribution in [0.4, 0.5) is 4.39 Å². The molecule has 1 fully saturated rings. The minimum atomic E-state index is -3.63. The number of carbonyl (C=O) groups is 1. The largest absolute Gasteiger partial charge is 0.379 e. The number of hydrogen-bond donors (Lipinski definition) is 1. The summed E-state index contributed by atoms with van der Waals surface area (Å²) < 4.78 is 50.2. The molecule has 11 heteroatoms. The zero-order valence-corrected chi connectivity index (χ0v) is 18.0. The van der Waals surface area contributed by atoms with Gasteiger partial charge in [-0.15, -0.1) is 0 Å². The molecule has 0 spiro atoms. The van der Waals surface area contributed by atoms with E-state index in [2.05, 4.69) is 15.5 Å². The van der Waals surface area contributed by atoms with E-state index in [4.69, 9.17) is 9.26 Å². The van der Waals surface area contributed by atoms with Gasteiger partial charge in [-0.3, -0.25) is 4.79 Å². The van der Waals surface area contributed by atoms with Crippen LogP contribution in [0.15, 0.2) is 57.9 Å². The first-order chi connectivity index (χ1) is 15.3. The molecule has 2 heterocycles. The monoisotopic (exact) mass is 460 g/mol. The lowest BCUT2D eigenvalue weighted by atomic mass is 10.2. The number of sulfonamides is 1. The molecule has 1 aliphatic heterocycles. The Morgan fingerprint density at radius 2 is 1.75 bits per heavy atom. The number of nitrogens with zero attached hydrogens (tertiary/aromatic N) is 3. The van der Waals surface area contributed by atoms with Crippen molar-refractivity contribution in [3.05, 3.63) is 65.8 Å².